The van der Waals surface area contributed by atoms with Crippen LogP contribution in [0.5, 0.6) is 0 Å². The molecule has 0 amide bonds. The molecular weight excluding hydrogens is 216 g/mol. The van der Waals surface area contributed by atoms with Gasteiger partial charge in [0.05, 0.1) is 0 Å². The van der Waals surface area contributed by atoms with Crippen LogP contribution in [0.25, 0.3) is 0 Å². The van der Waals surface area contributed by atoms with Gasteiger partial charge in [0.25, 0.3) is 0 Å². The molecule has 0 radical (unpaired) electrons. The van der Waals surface area contributed by atoms with Crippen LogP contribution in [-0.2, 0) is 19.3 Å². The molecule has 0 aliphatic rings. The predicted molar refractivity (Wildman–Crippen MR) is 54.2 cm³/mol. The molecule has 0 saturated heterocycles. The Morgan fingerprint density at radius 2 is 1.00 bits per heavy atom. The minimum Gasteiger partial charge on any atom is -0.412 e. The molecular formula is C6H24O9. The Morgan fingerprint density at radius 1 is 0.933 bits per heavy atom. The molecule has 0 aromatic rings. The lowest BCUT2D eigenvalue weighted by Gasteiger charge is -1.63. The van der Waals surface area contributed by atoms with Gasteiger partial charge in [0.15, 0.2) is 0 Å². The van der Waals surface area contributed by atoms with Crippen LogP contribution in [0.15, 0.2) is 0 Å². The molecule has 15 heavy (non-hydrogen) atoms. The summed E-state index contributed by atoms with van der Waals surface area (Å²) in [6, 6.07) is 0. The van der Waals surface area contributed by atoms with Crippen LogP contribution in [0.3, 0.4) is 0 Å². The summed E-state index contributed by atoms with van der Waals surface area (Å²) in [7, 11) is 0. The molecule has 0 saturated carbocycles. The van der Waals surface area contributed by atoms with Crippen molar-refractivity contribution in [3.8, 4) is 0 Å². The van der Waals surface area contributed by atoms with Crippen molar-refractivity contribution in [3.63, 3.8) is 0 Å². The Hall–Kier alpha value is -1.35. The van der Waals surface area contributed by atoms with Crippen molar-refractivity contribution in [1.29, 1.82) is 0 Å². The number of hydrogen-bond donors (Lipinski definition) is 3. The van der Waals surface area contributed by atoms with E-state index >= 15 is 0 Å². The molecule has 9 nitrogen and oxygen atoms in total. The highest BCUT2D eigenvalue weighted by Crippen LogP contribution is 1.33. The van der Waals surface area contributed by atoms with Gasteiger partial charge in [0.1, 0.15) is 0 Å². The van der Waals surface area contributed by atoms with Gasteiger partial charge in [0.2, 0.25) is 0 Å². The molecule has 0 heterocycles. The molecule has 0 aliphatic carbocycles. The SMILES string of the molecule is C.C.C.C.O.O.O=C=O.O=COO.OO. The van der Waals surface area contributed by atoms with Gasteiger partial charge in [-0.3, -0.25) is 15.3 Å². The number of carbonyl (C=O) groups is 1. The lowest BCUT2D eigenvalue weighted by molar-refractivity contribution is -0.217. The fourth-order valence-electron chi connectivity index (χ4n) is 0. The Morgan fingerprint density at radius 3 is 1.00 bits per heavy atom. The predicted octanol–water partition coefficient (Wildman–Crippen LogP) is -0.0387. The van der Waals surface area contributed by atoms with E-state index in [1.807, 2.05) is 0 Å². The lowest BCUT2D eigenvalue weighted by atomic mass is 11.7. The molecule has 0 rings (SSSR count). The van der Waals surface area contributed by atoms with Crippen molar-refractivity contribution in [2.45, 2.75) is 29.7 Å². The van der Waals surface area contributed by atoms with Crippen molar-refractivity contribution >= 4 is 12.6 Å². The Labute approximate surface area is 89.4 Å². The highest BCUT2D eigenvalue weighted by Gasteiger charge is 1.47. The zero-order valence-corrected chi connectivity index (χ0v) is 5.05. The van der Waals surface area contributed by atoms with E-state index in [9.17, 15) is 0 Å². The van der Waals surface area contributed by atoms with Crippen LogP contribution in [-0.4, -0.2) is 39.3 Å². The van der Waals surface area contributed by atoms with Crippen molar-refractivity contribution in [3.05, 3.63) is 0 Å². The summed E-state index contributed by atoms with van der Waals surface area (Å²) in [6.07, 6.45) is 0.250. The lowest BCUT2D eigenvalue weighted by Crippen LogP contribution is -1.69. The van der Waals surface area contributed by atoms with E-state index in [1.54, 1.807) is 0 Å². The van der Waals surface area contributed by atoms with Gasteiger partial charge < -0.3 is 15.8 Å². The summed E-state index contributed by atoms with van der Waals surface area (Å²) in [5.41, 5.74) is 0. The first-order valence-corrected chi connectivity index (χ1v) is 1.26. The second-order valence-corrected chi connectivity index (χ2v) is 0.285. The normalized spacial score (nSPS) is 2.33. The fourth-order valence-corrected chi connectivity index (χ4v) is 0. The summed E-state index contributed by atoms with van der Waals surface area (Å²) in [5.74, 6) is 0. The molecule has 0 aliphatic heterocycles. The van der Waals surface area contributed by atoms with Gasteiger partial charge in [-0.2, -0.15) is 9.59 Å². The Bertz CT molecular complexity index is 69.0. The summed E-state index contributed by atoms with van der Waals surface area (Å²) in [6.45, 7) is -0.0694. The average molecular weight is 240 g/mol. The molecule has 102 valence electrons. The third-order valence-corrected chi connectivity index (χ3v) is 0.0430. The molecule has 7 N–H and O–H groups in total. The van der Waals surface area contributed by atoms with Crippen LogP contribution in [0.4, 0.5) is 0 Å². The van der Waals surface area contributed by atoms with E-state index in [0.29, 0.717) is 0 Å². The van der Waals surface area contributed by atoms with E-state index in [4.69, 9.17) is 30.2 Å². The minimum absolute atomic E-state index is 0. The van der Waals surface area contributed by atoms with Gasteiger partial charge >= 0.3 is 12.6 Å². The molecule has 0 fully saturated rings. The van der Waals surface area contributed by atoms with Crippen LogP contribution < -0.4 is 0 Å². The van der Waals surface area contributed by atoms with Gasteiger partial charge in [-0.1, -0.05) is 29.7 Å². The van der Waals surface area contributed by atoms with E-state index in [0.717, 1.165) is 0 Å². The number of carbonyl (C=O) groups excluding carboxylic acids is 3. The van der Waals surface area contributed by atoms with Gasteiger partial charge in [0, 0.05) is 0 Å². The maximum Gasteiger partial charge on any atom is 0.373 e. The fraction of sp³-hybridized carbons (Fsp3) is 0.667. The number of hydrogen-bond acceptors (Lipinski definition) is 7. The average Bonchev–Trinajstić information content (AvgIpc) is 1.94. The van der Waals surface area contributed by atoms with Gasteiger partial charge in [-0.15, -0.1) is 0 Å². The molecule has 0 bridgehead atoms. The first-order valence-electron chi connectivity index (χ1n) is 1.26. The van der Waals surface area contributed by atoms with Crippen LogP contribution in [0, 0.1) is 0 Å². The van der Waals surface area contributed by atoms with Crippen molar-refractivity contribution in [2.75, 3.05) is 0 Å². The smallest absolute Gasteiger partial charge is 0.373 e. The molecule has 9 heteroatoms. The Kier molecular flexibility index (Phi) is 4250. The second-order valence-electron chi connectivity index (χ2n) is 0.285. The standard InChI is InChI=1S/CH2O3.CO2.4CH4.H2O2.2H2O/c2-1-4-3;2-1-3;;;;;1-2;;/h1,3H;;4*1H4;1-2H;2*1H2. The van der Waals surface area contributed by atoms with Crippen LogP contribution in [0.1, 0.15) is 29.7 Å². The Balaban J connectivity index is -0.00000000443. The topological polar surface area (TPSA) is 184 Å². The first kappa shape index (κ1) is 101. The number of rotatable bonds is 1. The monoisotopic (exact) mass is 240 g/mol. The zero-order valence-electron chi connectivity index (χ0n) is 5.05. The summed E-state index contributed by atoms with van der Waals surface area (Å²) < 4.78 is 0. The molecule has 0 spiro atoms. The van der Waals surface area contributed by atoms with E-state index in [2.05, 4.69) is 4.89 Å². The third-order valence-electron chi connectivity index (χ3n) is 0.0430. The van der Waals surface area contributed by atoms with Crippen LogP contribution in [0.2, 0.25) is 0 Å². The second kappa shape index (κ2) is 631. The third kappa shape index (κ3) is 11700. The maximum atomic E-state index is 8.70. The van der Waals surface area contributed by atoms with Crippen molar-refractivity contribution in [2.24, 2.45) is 0 Å². The molecule has 0 unspecified atom stereocenters. The highest BCUT2D eigenvalue weighted by molar-refractivity contribution is 5.35. The van der Waals surface area contributed by atoms with Gasteiger partial charge in [-0.25, -0.2) is 5.26 Å². The van der Waals surface area contributed by atoms with E-state index in [1.165, 1.54) is 0 Å². The summed E-state index contributed by atoms with van der Waals surface area (Å²) in [4.78, 5) is 27.8. The maximum absolute atomic E-state index is 8.70. The van der Waals surface area contributed by atoms with Crippen molar-refractivity contribution in [1.82, 2.24) is 0 Å². The molecule has 0 atom stereocenters. The molecule has 0 aromatic heterocycles. The van der Waals surface area contributed by atoms with E-state index in [-0.39, 0.29) is 53.3 Å². The van der Waals surface area contributed by atoms with Gasteiger partial charge in [-0.05, 0) is 0 Å². The highest BCUT2D eigenvalue weighted by atomic mass is 17.1. The zero-order chi connectivity index (χ0) is 8.12. The molecule has 0 aromatic carbocycles. The quantitative estimate of drug-likeness (QED) is 0.326. The van der Waals surface area contributed by atoms with Crippen LogP contribution >= 0.6 is 0 Å². The minimum atomic E-state index is -0.0694. The first-order chi connectivity index (χ1) is 4.33. The summed E-state index contributed by atoms with van der Waals surface area (Å²) in [5, 5.41) is 19.0. The largest absolute Gasteiger partial charge is 0.412 e. The van der Waals surface area contributed by atoms with Crippen molar-refractivity contribution < 1.29 is 46.0 Å². The van der Waals surface area contributed by atoms with E-state index < -0.39 is 0 Å². The summed E-state index contributed by atoms with van der Waals surface area (Å²) >= 11 is 0.